The fourth-order valence-electron chi connectivity index (χ4n) is 2.13. The van der Waals surface area contributed by atoms with E-state index in [1.807, 2.05) is 0 Å². The van der Waals surface area contributed by atoms with Gasteiger partial charge in [-0.3, -0.25) is 10.1 Å². The van der Waals surface area contributed by atoms with Crippen molar-refractivity contribution in [2.45, 2.75) is 24.3 Å². The summed E-state index contributed by atoms with van der Waals surface area (Å²) in [5, 5.41) is 4.49. The Hall–Kier alpha value is -2.13. The summed E-state index contributed by atoms with van der Waals surface area (Å²) in [4.78, 5) is 22.5. The highest BCUT2D eigenvalue weighted by atomic mass is 32.2. The molecular weight excluding hydrogens is 310 g/mol. The third kappa shape index (κ3) is 3.55. The molecule has 1 aromatic carbocycles. The first-order valence-electron chi connectivity index (χ1n) is 6.59. The molecule has 1 unspecified atom stereocenters. The number of rotatable bonds is 6. The average Bonchev–Trinajstić information content (AvgIpc) is 2.76. The second-order valence-corrected chi connectivity index (χ2v) is 6.57. The lowest BCUT2D eigenvalue weighted by Gasteiger charge is -2.12. The molecule has 22 heavy (non-hydrogen) atoms. The van der Waals surface area contributed by atoms with Crippen LogP contribution in [0.5, 0.6) is 5.75 Å². The van der Waals surface area contributed by atoms with Gasteiger partial charge in [0.2, 0.25) is 10.0 Å². The minimum Gasteiger partial charge on any atom is -0.497 e. The summed E-state index contributed by atoms with van der Waals surface area (Å²) in [6.45, 7) is 1.70. The SMILES string of the molecule is COc1ccc(S(=O)(=O)NCCC2NC(=O)NC2=O)c(C)c1. The lowest BCUT2D eigenvalue weighted by Crippen LogP contribution is -2.34. The molecule has 1 fully saturated rings. The lowest BCUT2D eigenvalue weighted by atomic mass is 10.2. The molecule has 0 radical (unpaired) electrons. The summed E-state index contributed by atoms with van der Waals surface area (Å²) in [5.74, 6) is 0.117. The van der Waals surface area contributed by atoms with Crippen molar-refractivity contribution in [1.29, 1.82) is 0 Å². The summed E-state index contributed by atoms with van der Waals surface area (Å²) in [7, 11) is -2.19. The zero-order valence-electron chi connectivity index (χ0n) is 12.2. The molecule has 1 heterocycles. The molecule has 9 heteroatoms. The number of hydrogen-bond acceptors (Lipinski definition) is 5. The fraction of sp³-hybridized carbons (Fsp3) is 0.385. The summed E-state index contributed by atoms with van der Waals surface area (Å²) < 4.78 is 31.9. The van der Waals surface area contributed by atoms with Crippen molar-refractivity contribution in [2.24, 2.45) is 0 Å². The minimum atomic E-state index is -3.69. The van der Waals surface area contributed by atoms with E-state index in [1.54, 1.807) is 19.1 Å². The van der Waals surface area contributed by atoms with Crippen molar-refractivity contribution >= 4 is 22.0 Å². The van der Waals surface area contributed by atoms with Gasteiger partial charge in [0.1, 0.15) is 11.8 Å². The van der Waals surface area contributed by atoms with Crippen molar-refractivity contribution in [3.8, 4) is 5.75 Å². The Morgan fingerprint density at radius 3 is 2.59 bits per heavy atom. The number of methoxy groups -OCH3 is 1. The lowest BCUT2D eigenvalue weighted by molar-refractivity contribution is -0.120. The molecule has 0 spiro atoms. The van der Waals surface area contributed by atoms with Gasteiger partial charge >= 0.3 is 6.03 Å². The quantitative estimate of drug-likeness (QED) is 0.630. The van der Waals surface area contributed by atoms with E-state index in [4.69, 9.17) is 4.74 Å². The van der Waals surface area contributed by atoms with Crippen molar-refractivity contribution in [3.05, 3.63) is 23.8 Å². The van der Waals surface area contributed by atoms with Crippen molar-refractivity contribution in [2.75, 3.05) is 13.7 Å². The van der Waals surface area contributed by atoms with Gasteiger partial charge in [0.25, 0.3) is 5.91 Å². The van der Waals surface area contributed by atoms with Crippen LogP contribution < -0.4 is 20.1 Å². The second-order valence-electron chi connectivity index (χ2n) is 4.83. The molecule has 2 rings (SSSR count). The molecule has 120 valence electrons. The highest BCUT2D eigenvalue weighted by Crippen LogP contribution is 2.20. The van der Waals surface area contributed by atoms with Gasteiger partial charge < -0.3 is 10.1 Å². The van der Waals surface area contributed by atoms with Crippen molar-refractivity contribution in [3.63, 3.8) is 0 Å². The van der Waals surface area contributed by atoms with Crippen molar-refractivity contribution < 1.29 is 22.7 Å². The van der Waals surface area contributed by atoms with Crippen molar-refractivity contribution in [1.82, 2.24) is 15.4 Å². The van der Waals surface area contributed by atoms with E-state index in [0.717, 1.165) is 0 Å². The molecule has 1 atom stereocenters. The van der Waals surface area contributed by atoms with Crippen LogP contribution in [0.1, 0.15) is 12.0 Å². The standard InChI is InChI=1S/C13H17N3O5S/c1-8-7-9(21-2)3-4-11(8)22(19,20)14-6-5-10-12(17)16-13(18)15-10/h3-4,7,10,14H,5-6H2,1-2H3,(H2,15,16,17,18). The Kier molecular flexibility index (Phi) is 4.67. The predicted octanol–water partition coefficient (Wildman–Crippen LogP) is -0.120. The van der Waals surface area contributed by atoms with Gasteiger partial charge in [-0.15, -0.1) is 0 Å². The predicted molar refractivity (Wildman–Crippen MR) is 78.0 cm³/mol. The van der Waals surface area contributed by atoms with Crippen LogP contribution in [0, 0.1) is 6.92 Å². The molecule has 3 N–H and O–H groups in total. The third-order valence-electron chi connectivity index (χ3n) is 3.26. The minimum absolute atomic E-state index is 0.0339. The molecule has 1 saturated heterocycles. The molecule has 0 saturated carbocycles. The Bertz CT molecular complexity index is 702. The van der Waals surface area contributed by atoms with Gasteiger partial charge in [0.05, 0.1) is 12.0 Å². The Balaban J connectivity index is 1.99. The number of carbonyl (C=O) groups excluding carboxylic acids is 2. The van der Waals surface area contributed by atoms with Gasteiger partial charge in [-0.2, -0.15) is 0 Å². The Morgan fingerprint density at radius 1 is 1.32 bits per heavy atom. The highest BCUT2D eigenvalue weighted by molar-refractivity contribution is 7.89. The molecule has 1 aliphatic heterocycles. The molecule has 0 bridgehead atoms. The average molecular weight is 327 g/mol. The van der Waals surface area contributed by atoms with Crippen LogP contribution in [0.2, 0.25) is 0 Å². The number of carbonyl (C=O) groups is 2. The van der Waals surface area contributed by atoms with E-state index in [0.29, 0.717) is 11.3 Å². The highest BCUT2D eigenvalue weighted by Gasteiger charge is 2.29. The number of aryl methyl sites for hydroxylation is 1. The Labute approximate surface area is 128 Å². The summed E-state index contributed by atoms with van der Waals surface area (Å²) >= 11 is 0. The van der Waals surface area contributed by atoms with E-state index in [1.165, 1.54) is 13.2 Å². The van der Waals surface area contributed by atoms with Crippen LogP contribution in [0.3, 0.4) is 0 Å². The molecule has 0 aliphatic carbocycles. The smallest absolute Gasteiger partial charge is 0.322 e. The molecule has 1 aromatic rings. The number of ether oxygens (including phenoxy) is 1. The maximum atomic E-state index is 12.2. The third-order valence-corrected chi connectivity index (χ3v) is 4.88. The number of sulfonamides is 1. The zero-order valence-corrected chi connectivity index (χ0v) is 13.0. The van der Waals surface area contributed by atoms with E-state index in [2.05, 4.69) is 15.4 Å². The number of amides is 3. The summed E-state index contributed by atoms with van der Waals surface area (Å²) in [6.07, 6.45) is 0.173. The molecular formula is C13H17N3O5S. The van der Waals surface area contributed by atoms with Crippen LogP contribution in [0.4, 0.5) is 4.79 Å². The molecule has 8 nitrogen and oxygen atoms in total. The normalized spacial score (nSPS) is 18.0. The molecule has 3 amide bonds. The van der Waals surface area contributed by atoms with Crippen LogP contribution in [-0.4, -0.2) is 40.1 Å². The second kappa shape index (κ2) is 6.32. The van der Waals surface area contributed by atoms with Gasteiger partial charge in [0.15, 0.2) is 0 Å². The largest absolute Gasteiger partial charge is 0.497 e. The Morgan fingerprint density at radius 2 is 2.05 bits per heavy atom. The van der Waals surface area contributed by atoms with Gasteiger partial charge in [-0.05, 0) is 37.1 Å². The van der Waals surface area contributed by atoms with Crippen LogP contribution in [0.25, 0.3) is 0 Å². The number of benzene rings is 1. The maximum absolute atomic E-state index is 12.2. The topological polar surface area (TPSA) is 114 Å². The molecule has 1 aliphatic rings. The van der Waals surface area contributed by atoms with E-state index in [9.17, 15) is 18.0 Å². The summed E-state index contributed by atoms with van der Waals surface area (Å²) in [6, 6.07) is 3.36. The van der Waals surface area contributed by atoms with Gasteiger partial charge in [0, 0.05) is 6.54 Å². The first-order chi connectivity index (χ1) is 10.3. The van der Waals surface area contributed by atoms with E-state index in [-0.39, 0.29) is 17.9 Å². The van der Waals surface area contributed by atoms with Crippen LogP contribution in [-0.2, 0) is 14.8 Å². The fourth-order valence-corrected chi connectivity index (χ4v) is 3.40. The van der Waals surface area contributed by atoms with Gasteiger partial charge in [-0.25, -0.2) is 17.9 Å². The zero-order chi connectivity index (χ0) is 16.3. The monoisotopic (exact) mass is 327 g/mol. The number of urea groups is 1. The van der Waals surface area contributed by atoms with Gasteiger partial charge in [-0.1, -0.05) is 0 Å². The first kappa shape index (κ1) is 16.2. The number of imide groups is 1. The van der Waals surface area contributed by atoms with Crippen LogP contribution in [0.15, 0.2) is 23.1 Å². The maximum Gasteiger partial charge on any atom is 0.322 e. The molecule has 0 aromatic heterocycles. The van der Waals surface area contributed by atoms with E-state index >= 15 is 0 Å². The van der Waals surface area contributed by atoms with Crippen LogP contribution >= 0.6 is 0 Å². The van der Waals surface area contributed by atoms with E-state index < -0.39 is 28.0 Å². The first-order valence-corrected chi connectivity index (χ1v) is 8.07. The number of nitrogens with one attached hydrogen (secondary N) is 3. The number of hydrogen-bond donors (Lipinski definition) is 3. The summed E-state index contributed by atoms with van der Waals surface area (Å²) in [5.41, 5.74) is 0.554.